The summed E-state index contributed by atoms with van der Waals surface area (Å²) in [4.78, 5) is 10.9. The highest BCUT2D eigenvalue weighted by Gasteiger charge is 2.12. The molecule has 0 saturated carbocycles. The molecule has 0 radical (unpaired) electrons. The molecule has 0 spiro atoms. The van der Waals surface area contributed by atoms with Gasteiger partial charge >= 0.3 is 0 Å². The van der Waals surface area contributed by atoms with E-state index in [0.29, 0.717) is 19.0 Å². The quantitative estimate of drug-likeness (QED) is 0.544. The van der Waals surface area contributed by atoms with Crippen molar-refractivity contribution < 1.29 is 4.42 Å². The summed E-state index contributed by atoms with van der Waals surface area (Å²) in [7, 11) is 3.79. The first-order valence-electron chi connectivity index (χ1n) is 8.96. The van der Waals surface area contributed by atoms with Gasteiger partial charge in [0, 0.05) is 38.4 Å². The molecule has 0 aliphatic carbocycles. The lowest BCUT2D eigenvalue weighted by Gasteiger charge is -2.21. The Morgan fingerprint density at radius 3 is 2.88 bits per heavy atom. The molecule has 26 heavy (non-hydrogen) atoms. The Bertz CT molecular complexity index is 844. The lowest BCUT2D eigenvalue weighted by Crippen LogP contribution is -2.38. The summed E-state index contributed by atoms with van der Waals surface area (Å²) in [5, 5.41) is 4.51. The molecule has 6 heteroatoms. The normalized spacial score (nSPS) is 12.1. The van der Waals surface area contributed by atoms with Gasteiger partial charge in [0.2, 0.25) is 0 Å². The van der Waals surface area contributed by atoms with Crippen molar-refractivity contribution in [2.45, 2.75) is 33.5 Å². The number of guanidine groups is 1. The van der Waals surface area contributed by atoms with Crippen molar-refractivity contribution in [3.05, 3.63) is 54.3 Å². The molecule has 0 fully saturated rings. The second-order valence-corrected chi connectivity index (χ2v) is 6.90. The molecule has 1 aromatic carbocycles. The number of aromatic nitrogens is 2. The van der Waals surface area contributed by atoms with E-state index in [1.54, 1.807) is 7.05 Å². The maximum absolute atomic E-state index is 5.91. The predicted octanol–water partition coefficient (Wildman–Crippen LogP) is 3.49. The van der Waals surface area contributed by atoms with Gasteiger partial charge in [-0.15, -0.1) is 0 Å². The topological polar surface area (TPSA) is 58.6 Å². The average Bonchev–Trinajstić information content (AvgIpc) is 3.21. The first-order valence-corrected chi connectivity index (χ1v) is 8.96. The number of nitrogens with zero attached hydrogens (tertiary/aromatic N) is 4. The van der Waals surface area contributed by atoms with Crippen LogP contribution in [0.25, 0.3) is 11.0 Å². The van der Waals surface area contributed by atoms with Crippen molar-refractivity contribution >= 4 is 16.9 Å². The summed E-state index contributed by atoms with van der Waals surface area (Å²) in [6.07, 6.45) is 3.87. The fourth-order valence-electron chi connectivity index (χ4n) is 3.03. The Morgan fingerprint density at radius 1 is 1.35 bits per heavy atom. The number of hydrogen-bond donors (Lipinski definition) is 1. The predicted molar refractivity (Wildman–Crippen MR) is 105 cm³/mol. The lowest BCUT2D eigenvalue weighted by molar-refractivity contribution is 0.411. The number of aliphatic imine (C=N–C) groups is 1. The van der Waals surface area contributed by atoms with Crippen LogP contribution in [-0.2, 0) is 19.6 Å². The van der Waals surface area contributed by atoms with Crippen LogP contribution in [0.1, 0.15) is 25.4 Å². The summed E-state index contributed by atoms with van der Waals surface area (Å²) in [6, 6.07) is 10.1. The minimum Gasteiger partial charge on any atom is -0.459 e. The SMILES string of the molecule is CN=C(NCc1nccn1CC(C)C)N(C)Cc1cc2ccccc2o1. The standard InChI is InChI=1S/C20H27N5O/c1-15(2)13-25-10-9-22-19(25)12-23-20(21-3)24(4)14-17-11-16-7-5-6-8-18(16)26-17/h5-11,15H,12-14H2,1-4H3,(H,21,23). The number of benzene rings is 1. The molecule has 0 saturated heterocycles. The van der Waals surface area contributed by atoms with Gasteiger partial charge in [-0.3, -0.25) is 4.99 Å². The minimum atomic E-state index is 0.582. The zero-order valence-corrected chi connectivity index (χ0v) is 15.9. The number of imidazole rings is 1. The van der Waals surface area contributed by atoms with E-state index >= 15 is 0 Å². The molecule has 0 bridgehead atoms. The second-order valence-electron chi connectivity index (χ2n) is 6.90. The number of nitrogens with one attached hydrogen (secondary N) is 1. The molecule has 0 unspecified atom stereocenters. The Morgan fingerprint density at radius 2 is 2.15 bits per heavy atom. The number of rotatable bonds is 6. The molecule has 6 nitrogen and oxygen atoms in total. The number of para-hydroxylation sites is 1. The summed E-state index contributed by atoms with van der Waals surface area (Å²) in [6.45, 7) is 6.66. The third-order valence-corrected chi connectivity index (χ3v) is 4.21. The zero-order chi connectivity index (χ0) is 18.5. The highest BCUT2D eigenvalue weighted by atomic mass is 16.3. The van der Waals surface area contributed by atoms with Crippen LogP contribution in [-0.4, -0.2) is 34.5 Å². The van der Waals surface area contributed by atoms with Crippen LogP contribution >= 0.6 is 0 Å². The van der Waals surface area contributed by atoms with Crippen LogP contribution < -0.4 is 5.32 Å². The van der Waals surface area contributed by atoms with Gasteiger partial charge in [-0.2, -0.15) is 0 Å². The monoisotopic (exact) mass is 353 g/mol. The maximum Gasteiger partial charge on any atom is 0.194 e. The molecule has 0 aliphatic heterocycles. The Labute approximate surface area is 154 Å². The van der Waals surface area contributed by atoms with E-state index in [9.17, 15) is 0 Å². The van der Waals surface area contributed by atoms with Gasteiger partial charge in [0.05, 0.1) is 13.1 Å². The van der Waals surface area contributed by atoms with Gasteiger partial charge in [-0.25, -0.2) is 4.98 Å². The largest absolute Gasteiger partial charge is 0.459 e. The summed E-state index contributed by atoms with van der Waals surface area (Å²) < 4.78 is 8.09. The van der Waals surface area contributed by atoms with Crippen LogP contribution in [0.3, 0.4) is 0 Å². The smallest absolute Gasteiger partial charge is 0.194 e. The molecule has 2 aromatic heterocycles. The minimum absolute atomic E-state index is 0.582. The zero-order valence-electron chi connectivity index (χ0n) is 15.9. The number of hydrogen-bond acceptors (Lipinski definition) is 3. The fourth-order valence-corrected chi connectivity index (χ4v) is 3.03. The van der Waals surface area contributed by atoms with Crippen molar-refractivity contribution in [1.29, 1.82) is 0 Å². The van der Waals surface area contributed by atoms with Crippen molar-refractivity contribution in [1.82, 2.24) is 19.8 Å². The highest BCUT2D eigenvalue weighted by molar-refractivity contribution is 5.80. The molecule has 0 aliphatic rings. The van der Waals surface area contributed by atoms with E-state index in [4.69, 9.17) is 4.42 Å². The number of furan rings is 1. The molecular weight excluding hydrogens is 326 g/mol. The van der Waals surface area contributed by atoms with Crippen molar-refractivity contribution in [2.24, 2.45) is 10.9 Å². The van der Waals surface area contributed by atoms with E-state index < -0.39 is 0 Å². The molecule has 1 N–H and O–H groups in total. The van der Waals surface area contributed by atoms with Crippen molar-refractivity contribution in [2.75, 3.05) is 14.1 Å². The van der Waals surface area contributed by atoms with E-state index in [2.05, 4.69) is 45.8 Å². The molecular formula is C20H27N5O. The van der Waals surface area contributed by atoms with Gasteiger partial charge in [-0.05, 0) is 18.1 Å². The molecule has 2 heterocycles. The fraction of sp³-hybridized carbons (Fsp3) is 0.400. The number of fused-ring (bicyclic) bond motifs is 1. The molecule has 138 valence electrons. The summed E-state index contributed by atoms with van der Waals surface area (Å²) in [5.74, 6) is 3.32. The van der Waals surface area contributed by atoms with Crippen LogP contribution in [0.15, 0.2) is 52.1 Å². The molecule has 3 aromatic rings. The Kier molecular flexibility index (Phi) is 5.61. The maximum atomic E-state index is 5.91. The average molecular weight is 353 g/mol. The Balaban J connectivity index is 1.62. The highest BCUT2D eigenvalue weighted by Crippen LogP contribution is 2.19. The summed E-state index contributed by atoms with van der Waals surface area (Å²) in [5.41, 5.74) is 0.912. The van der Waals surface area contributed by atoms with E-state index in [1.807, 2.05) is 42.5 Å². The van der Waals surface area contributed by atoms with Crippen molar-refractivity contribution in [3.8, 4) is 0 Å². The summed E-state index contributed by atoms with van der Waals surface area (Å²) >= 11 is 0. The van der Waals surface area contributed by atoms with Gasteiger partial charge < -0.3 is 19.2 Å². The molecule has 3 rings (SSSR count). The first kappa shape index (κ1) is 18.0. The van der Waals surface area contributed by atoms with Gasteiger partial charge in [0.25, 0.3) is 0 Å². The third kappa shape index (κ3) is 4.25. The molecule has 0 amide bonds. The molecule has 0 atom stereocenters. The third-order valence-electron chi connectivity index (χ3n) is 4.21. The van der Waals surface area contributed by atoms with Gasteiger partial charge in [0.15, 0.2) is 5.96 Å². The van der Waals surface area contributed by atoms with Crippen LogP contribution in [0.2, 0.25) is 0 Å². The Hall–Kier alpha value is -2.76. The van der Waals surface area contributed by atoms with E-state index in [-0.39, 0.29) is 0 Å². The van der Waals surface area contributed by atoms with Crippen LogP contribution in [0.5, 0.6) is 0 Å². The van der Waals surface area contributed by atoms with Gasteiger partial charge in [-0.1, -0.05) is 32.0 Å². The van der Waals surface area contributed by atoms with Crippen LogP contribution in [0.4, 0.5) is 0 Å². The first-order chi connectivity index (χ1) is 12.6. The van der Waals surface area contributed by atoms with E-state index in [0.717, 1.165) is 35.1 Å². The van der Waals surface area contributed by atoms with Gasteiger partial charge in [0.1, 0.15) is 17.2 Å². The van der Waals surface area contributed by atoms with Crippen molar-refractivity contribution in [3.63, 3.8) is 0 Å². The van der Waals surface area contributed by atoms with Crippen LogP contribution in [0, 0.1) is 5.92 Å². The van der Waals surface area contributed by atoms with E-state index in [1.165, 1.54) is 0 Å². The lowest BCUT2D eigenvalue weighted by atomic mass is 10.2. The second kappa shape index (κ2) is 8.08.